The Morgan fingerprint density at radius 3 is 2.34 bits per heavy atom. The van der Waals surface area contributed by atoms with Crippen LogP contribution < -0.4 is 0 Å². The highest BCUT2D eigenvalue weighted by molar-refractivity contribution is 5.81. The molecule has 0 atom stereocenters. The third-order valence-corrected chi connectivity index (χ3v) is 4.90. The van der Waals surface area contributed by atoms with Crippen molar-refractivity contribution in [2.75, 3.05) is 0 Å². The van der Waals surface area contributed by atoms with Gasteiger partial charge in [-0.25, -0.2) is 9.37 Å². The topological polar surface area (TPSA) is 69.8 Å². The molecule has 29 heavy (non-hydrogen) atoms. The van der Waals surface area contributed by atoms with Gasteiger partial charge in [-0.05, 0) is 48.5 Å². The van der Waals surface area contributed by atoms with Gasteiger partial charge >= 0.3 is 0 Å². The molecule has 0 aliphatic rings. The van der Waals surface area contributed by atoms with Gasteiger partial charge in [0.05, 0.1) is 35.4 Å². The van der Waals surface area contributed by atoms with Gasteiger partial charge in [-0.2, -0.15) is 10.4 Å². The molecule has 5 aromatic rings. The highest BCUT2D eigenvalue weighted by Gasteiger charge is 2.13. The standard InChI is InChI=1S/C23H14FN5/c24-19-8-5-17(6-9-19)23-20(12-27-28-23)18-7-10-22-26-13-21(29(22)14-18)16-3-1-15(11-25)2-4-16/h1-10,12-14H,(H,27,28). The number of nitrogens with one attached hydrogen (secondary N) is 1. The van der Waals surface area contributed by atoms with E-state index < -0.39 is 0 Å². The van der Waals surface area contributed by atoms with E-state index in [2.05, 4.69) is 21.3 Å². The van der Waals surface area contributed by atoms with Gasteiger partial charge in [0.1, 0.15) is 11.5 Å². The van der Waals surface area contributed by atoms with Crippen LogP contribution in [0.25, 0.3) is 39.3 Å². The minimum absolute atomic E-state index is 0.276. The summed E-state index contributed by atoms with van der Waals surface area (Å²) in [7, 11) is 0. The summed E-state index contributed by atoms with van der Waals surface area (Å²) in [5.74, 6) is -0.276. The van der Waals surface area contributed by atoms with Gasteiger partial charge in [0.25, 0.3) is 0 Å². The van der Waals surface area contributed by atoms with Crippen LogP contribution in [0.3, 0.4) is 0 Å². The minimum Gasteiger partial charge on any atom is -0.299 e. The zero-order chi connectivity index (χ0) is 19.8. The predicted molar refractivity (Wildman–Crippen MR) is 108 cm³/mol. The Morgan fingerprint density at radius 2 is 1.59 bits per heavy atom. The summed E-state index contributed by atoms with van der Waals surface area (Å²) in [6, 6.07) is 19.8. The van der Waals surface area contributed by atoms with Gasteiger partial charge in [0, 0.05) is 28.5 Å². The Balaban J connectivity index is 1.62. The molecule has 0 amide bonds. The zero-order valence-electron chi connectivity index (χ0n) is 15.2. The molecule has 0 aliphatic carbocycles. The molecule has 0 spiro atoms. The van der Waals surface area contributed by atoms with Crippen molar-refractivity contribution in [1.29, 1.82) is 5.26 Å². The van der Waals surface area contributed by atoms with Crippen molar-refractivity contribution in [2.45, 2.75) is 0 Å². The van der Waals surface area contributed by atoms with Crippen LogP contribution in [0.4, 0.5) is 4.39 Å². The lowest BCUT2D eigenvalue weighted by Gasteiger charge is -2.07. The molecule has 0 radical (unpaired) electrons. The lowest BCUT2D eigenvalue weighted by atomic mass is 10.0. The average molecular weight is 379 g/mol. The van der Waals surface area contributed by atoms with Crippen molar-refractivity contribution >= 4 is 5.65 Å². The van der Waals surface area contributed by atoms with E-state index in [0.717, 1.165) is 39.3 Å². The van der Waals surface area contributed by atoms with Crippen LogP contribution in [-0.2, 0) is 0 Å². The van der Waals surface area contributed by atoms with Crippen LogP contribution >= 0.6 is 0 Å². The molecule has 1 N–H and O–H groups in total. The fourth-order valence-electron chi connectivity index (χ4n) is 3.41. The number of pyridine rings is 1. The third-order valence-electron chi connectivity index (χ3n) is 4.90. The Morgan fingerprint density at radius 1 is 0.862 bits per heavy atom. The maximum absolute atomic E-state index is 13.3. The Bertz CT molecular complexity index is 1360. The van der Waals surface area contributed by atoms with E-state index in [1.807, 2.05) is 41.1 Å². The molecule has 0 bridgehead atoms. The molecular weight excluding hydrogens is 365 g/mol. The largest absolute Gasteiger partial charge is 0.299 e. The van der Waals surface area contributed by atoms with Gasteiger partial charge in [0.15, 0.2) is 0 Å². The molecule has 5 rings (SSSR count). The number of halogens is 1. The van der Waals surface area contributed by atoms with Crippen LogP contribution in [0.2, 0.25) is 0 Å². The van der Waals surface area contributed by atoms with E-state index in [0.29, 0.717) is 5.56 Å². The monoisotopic (exact) mass is 379 g/mol. The van der Waals surface area contributed by atoms with Crippen molar-refractivity contribution in [3.63, 3.8) is 0 Å². The van der Waals surface area contributed by atoms with Gasteiger partial charge < -0.3 is 0 Å². The number of aromatic nitrogens is 4. The van der Waals surface area contributed by atoms with E-state index in [4.69, 9.17) is 5.26 Å². The minimum atomic E-state index is -0.276. The molecule has 5 nitrogen and oxygen atoms in total. The second-order valence-electron chi connectivity index (χ2n) is 6.64. The van der Waals surface area contributed by atoms with Gasteiger partial charge in [-0.15, -0.1) is 0 Å². The smallest absolute Gasteiger partial charge is 0.137 e. The third kappa shape index (κ3) is 2.95. The van der Waals surface area contributed by atoms with Crippen LogP contribution in [0, 0.1) is 17.1 Å². The number of nitrogens with zero attached hydrogens (tertiary/aromatic N) is 4. The summed E-state index contributed by atoms with van der Waals surface area (Å²) in [4.78, 5) is 4.48. The summed E-state index contributed by atoms with van der Waals surface area (Å²) >= 11 is 0. The Kier molecular flexibility index (Phi) is 3.92. The van der Waals surface area contributed by atoms with Crippen LogP contribution in [0.15, 0.2) is 79.3 Å². The molecule has 3 heterocycles. The van der Waals surface area contributed by atoms with Crippen molar-refractivity contribution in [1.82, 2.24) is 19.6 Å². The van der Waals surface area contributed by atoms with Crippen LogP contribution in [0.5, 0.6) is 0 Å². The summed E-state index contributed by atoms with van der Waals surface area (Å²) < 4.78 is 15.3. The van der Waals surface area contributed by atoms with Crippen LogP contribution in [-0.4, -0.2) is 19.6 Å². The number of aromatic amines is 1. The fourth-order valence-corrected chi connectivity index (χ4v) is 3.41. The maximum Gasteiger partial charge on any atom is 0.137 e. The van der Waals surface area contributed by atoms with Crippen molar-refractivity contribution in [3.05, 3.63) is 90.6 Å². The number of H-pyrrole nitrogens is 1. The van der Waals surface area contributed by atoms with Gasteiger partial charge in [-0.3, -0.25) is 9.50 Å². The number of imidazole rings is 1. The molecular formula is C23H14FN5. The van der Waals surface area contributed by atoms with Crippen LogP contribution in [0.1, 0.15) is 5.56 Å². The molecule has 3 aromatic heterocycles. The lowest BCUT2D eigenvalue weighted by molar-refractivity contribution is 0.628. The van der Waals surface area contributed by atoms with E-state index in [-0.39, 0.29) is 5.82 Å². The SMILES string of the molecule is N#Cc1ccc(-c2cnc3ccc(-c4cn[nH]c4-c4ccc(F)cc4)cn23)cc1. The van der Waals surface area contributed by atoms with E-state index in [1.165, 1.54) is 12.1 Å². The normalized spacial score (nSPS) is 10.9. The number of fused-ring (bicyclic) bond motifs is 1. The van der Waals surface area contributed by atoms with E-state index in [1.54, 1.807) is 30.5 Å². The number of benzene rings is 2. The number of hydrogen-bond donors (Lipinski definition) is 1. The predicted octanol–water partition coefficient (Wildman–Crippen LogP) is 5.07. The summed E-state index contributed by atoms with van der Waals surface area (Å²) in [6.45, 7) is 0. The van der Waals surface area contributed by atoms with E-state index in [9.17, 15) is 4.39 Å². The second-order valence-corrected chi connectivity index (χ2v) is 6.64. The molecule has 0 saturated heterocycles. The summed E-state index contributed by atoms with van der Waals surface area (Å²) in [5, 5.41) is 16.2. The van der Waals surface area contributed by atoms with Crippen molar-refractivity contribution in [2.24, 2.45) is 0 Å². The summed E-state index contributed by atoms with van der Waals surface area (Å²) in [5.41, 5.74) is 6.89. The van der Waals surface area contributed by atoms with E-state index >= 15 is 0 Å². The Labute approximate surface area is 165 Å². The number of nitriles is 1. The summed E-state index contributed by atoms with van der Waals surface area (Å²) in [6.07, 6.45) is 5.59. The highest BCUT2D eigenvalue weighted by atomic mass is 19.1. The van der Waals surface area contributed by atoms with Gasteiger partial charge in [0.2, 0.25) is 0 Å². The molecule has 2 aromatic carbocycles. The van der Waals surface area contributed by atoms with Crippen molar-refractivity contribution < 1.29 is 4.39 Å². The maximum atomic E-state index is 13.3. The number of rotatable bonds is 3. The highest BCUT2D eigenvalue weighted by Crippen LogP contribution is 2.31. The molecule has 0 unspecified atom stereocenters. The first-order chi connectivity index (χ1) is 14.2. The fraction of sp³-hybridized carbons (Fsp3) is 0. The lowest BCUT2D eigenvalue weighted by Crippen LogP contribution is -1.91. The first kappa shape index (κ1) is 16.9. The first-order valence-corrected chi connectivity index (χ1v) is 9.00. The molecule has 138 valence electrons. The second kappa shape index (κ2) is 6.73. The van der Waals surface area contributed by atoms with Gasteiger partial charge in [-0.1, -0.05) is 12.1 Å². The zero-order valence-corrected chi connectivity index (χ0v) is 15.2. The number of hydrogen-bond acceptors (Lipinski definition) is 3. The Hall–Kier alpha value is -4.24. The molecule has 0 fully saturated rings. The average Bonchev–Trinajstić information content (AvgIpc) is 3.41. The quantitative estimate of drug-likeness (QED) is 0.476. The molecule has 6 heteroatoms. The molecule has 0 aliphatic heterocycles. The molecule has 0 saturated carbocycles. The first-order valence-electron chi connectivity index (χ1n) is 9.00. The van der Waals surface area contributed by atoms with Crippen molar-refractivity contribution in [3.8, 4) is 39.7 Å².